The Balaban J connectivity index is 2.06. The van der Waals surface area contributed by atoms with Crippen LogP contribution in [-0.2, 0) is 11.3 Å². The Kier molecular flexibility index (Phi) is 4.02. The largest absolute Gasteiger partial charge is 0.480 e. The summed E-state index contributed by atoms with van der Waals surface area (Å²) in [5, 5.41) is 12.4. The predicted octanol–water partition coefficient (Wildman–Crippen LogP) is 2.56. The Bertz CT molecular complexity index is 430. The molecule has 1 aromatic heterocycles. The van der Waals surface area contributed by atoms with E-state index in [1.807, 2.05) is 11.8 Å². The van der Waals surface area contributed by atoms with Crippen LogP contribution in [0.25, 0.3) is 0 Å². The maximum Gasteiger partial charge on any atom is 0.321 e. The Labute approximate surface area is 112 Å². The zero-order valence-corrected chi connectivity index (χ0v) is 11.9. The van der Waals surface area contributed by atoms with Crippen molar-refractivity contribution >= 4 is 17.3 Å². The Morgan fingerprint density at radius 3 is 2.94 bits per heavy atom. The van der Waals surface area contributed by atoms with Gasteiger partial charge in [0.25, 0.3) is 0 Å². The number of aliphatic carboxylic acids is 1. The molecule has 0 spiro atoms. The van der Waals surface area contributed by atoms with Crippen molar-refractivity contribution < 1.29 is 9.90 Å². The Morgan fingerprint density at radius 1 is 1.67 bits per heavy atom. The molecule has 2 atom stereocenters. The highest BCUT2D eigenvalue weighted by Gasteiger charge is 2.36. The van der Waals surface area contributed by atoms with Crippen LogP contribution in [0.1, 0.15) is 43.8 Å². The van der Waals surface area contributed by atoms with Crippen LogP contribution in [0, 0.1) is 5.92 Å². The molecule has 0 aromatic carbocycles. The summed E-state index contributed by atoms with van der Waals surface area (Å²) < 4.78 is 0. The van der Waals surface area contributed by atoms with E-state index in [4.69, 9.17) is 0 Å². The summed E-state index contributed by atoms with van der Waals surface area (Å²) in [7, 11) is 0. The van der Waals surface area contributed by atoms with Crippen LogP contribution in [0.5, 0.6) is 0 Å². The van der Waals surface area contributed by atoms with Crippen molar-refractivity contribution in [2.45, 2.75) is 45.7 Å². The minimum atomic E-state index is -0.709. The van der Waals surface area contributed by atoms with Gasteiger partial charge in [-0.05, 0) is 18.9 Å². The molecule has 2 heterocycles. The van der Waals surface area contributed by atoms with Gasteiger partial charge in [-0.15, -0.1) is 11.3 Å². The molecule has 18 heavy (non-hydrogen) atoms. The topological polar surface area (TPSA) is 53.4 Å². The van der Waals surface area contributed by atoms with E-state index in [0.717, 1.165) is 23.7 Å². The van der Waals surface area contributed by atoms with Crippen molar-refractivity contribution in [1.82, 2.24) is 9.88 Å². The second kappa shape index (κ2) is 5.36. The monoisotopic (exact) mass is 268 g/mol. The van der Waals surface area contributed by atoms with Gasteiger partial charge in [-0.2, -0.15) is 0 Å². The quantitative estimate of drug-likeness (QED) is 0.912. The number of nitrogens with zero attached hydrogens (tertiary/aromatic N) is 2. The number of thiazole rings is 1. The fourth-order valence-electron chi connectivity index (χ4n) is 2.47. The molecule has 1 saturated heterocycles. The zero-order valence-electron chi connectivity index (χ0n) is 11.1. The molecule has 100 valence electrons. The molecule has 0 aliphatic carbocycles. The Hall–Kier alpha value is -0.940. The van der Waals surface area contributed by atoms with E-state index in [9.17, 15) is 9.90 Å². The first-order valence-corrected chi connectivity index (χ1v) is 7.28. The fourth-order valence-corrected chi connectivity index (χ4v) is 3.30. The molecule has 0 saturated carbocycles. The number of carboxylic acid groups (broad SMARTS) is 1. The summed E-state index contributed by atoms with van der Waals surface area (Å²) in [4.78, 5) is 17.9. The number of carbonyl (C=O) groups is 1. The van der Waals surface area contributed by atoms with Crippen LogP contribution in [0.15, 0.2) is 5.38 Å². The molecule has 1 aliphatic rings. The SMILES string of the molecule is CC(C)c1nc(CN2CCC(C)C2C(=O)O)cs1. The van der Waals surface area contributed by atoms with Crippen molar-refractivity contribution in [1.29, 1.82) is 0 Å². The normalized spacial score (nSPS) is 24.9. The van der Waals surface area contributed by atoms with E-state index in [2.05, 4.69) is 24.2 Å². The summed E-state index contributed by atoms with van der Waals surface area (Å²) in [6.45, 7) is 7.78. The second-order valence-electron chi connectivity index (χ2n) is 5.35. The maximum absolute atomic E-state index is 11.3. The first kappa shape index (κ1) is 13.5. The van der Waals surface area contributed by atoms with Crippen molar-refractivity contribution in [2.24, 2.45) is 5.92 Å². The van der Waals surface area contributed by atoms with Gasteiger partial charge < -0.3 is 5.11 Å². The van der Waals surface area contributed by atoms with Gasteiger partial charge in [0.2, 0.25) is 0 Å². The van der Waals surface area contributed by atoms with Crippen molar-refractivity contribution in [3.63, 3.8) is 0 Å². The third kappa shape index (κ3) is 2.72. The number of hydrogen-bond acceptors (Lipinski definition) is 4. The van der Waals surface area contributed by atoms with Crippen LogP contribution in [0.3, 0.4) is 0 Å². The van der Waals surface area contributed by atoms with Gasteiger partial charge in [0, 0.05) is 17.8 Å². The third-order valence-corrected chi connectivity index (χ3v) is 4.68. The second-order valence-corrected chi connectivity index (χ2v) is 6.24. The number of rotatable bonds is 4. The van der Waals surface area contributed by atoms with Crippen LogP contribution >= 0.6 is 11.3 Å². The van der Waals surface area contributed by atoms with Crippen LogP contribution < -0.4 is 0 Å². The van der Waals surface area contributed by atoms with E-state index in [-0.39, 0.29) is 12.0 Å². The van der Waals surface area contributed by atoms with Gasteiger partial charge >= 0.3 is 5.97 Å². The summed E-state index contributed by atoms with van der Waals surface area (Å²) in [5.41, 5.74) is 1.00. The highest BCUT2D eigenvalue weighted by Crippen LogP contribution is 2.27. The highest BCUT2D eigenvalue weighted by molar-refractivity contribution is 7.09. The van der Waals surface area contributed by atoms with E-state index in [1.54, 1.807) is 11.3 Å². The average molecular weight is 268 g/mol. The van der Waals surface area contributed by atoms with E-state index >= 15 is 0 Å². The number of hydrogen-bond donors (Lipinski definition) is 1. The number of aromatic nitrogens is 1. The summed E-state index contributed by atoms with van der Waals surface area (Å²) >= 11 is 1.67. The molecule has 1 N–H and O–H groups in total. The van der Waals surface area contributed by atoms with Gasteiger partial charge in [0.05, 0.1) is 10.7 Å². The number of likely N-dealkylation sites (tertiary alicyclic amines) is 1. The smallest absolute Gasteiger partial charge is 0.321 e. The molecule has 1 fully saturated rings. The molecule has 5 heteroatoms. The molecule has 1 aliphatic heterocycles. The minimum Gasteiger partial charge on any atom is -0.480 e. The van der Waals surface area contributed by atoms with Gasteiger partial charge in [-0.1, -0.05) is 20.8 Å². The summed E-state index contributed by atoms with van der Waals surface area (Å²) in [6.07, 6.45) is 0.956. The van der Waals surface area contributed by atoms with Gasteiger partial charge in [-0.3, -0.25) is 9.69 Å². The molecule has 1 aromatic rings. The summed E-state index contributed by atoms with van der Waals surface area (Å²) in [6, 6.07) is -0.353. The average Bonchev–Trinajstić information content (AvgIpc) is 2.86. The molecule has 2 rings (SSSR count). The zero-order chi connectivity index (χ0) is 13.3. The summed E-state index contributed by atoms with van der Waals surface area (Å²) in [5.74, 6) is -0.0402. The van der Waals surface area contributed by atoms with E-state index < -0.39 is 5.97 Å². The van der Waals surface area contributed by atoms with Gasteiger partial charge in [-0.25, -0.2) is 4.98 Å². The lowest BCUT2D eigenvalue weighted by Gasteiger charge is -2.21. The highest BCUT2D eigenvalue weighted by atomic mass is 32.1. The molecular weight excluding hydrogens is 248 g/mol. The first-order chi connectivity index (χ1) is 8.49. The van der Waals surface area contributed by atoms with Crippen molar-refractivity contribution in [3.05, 3.63) is 16.1 Å². The standard InChI is InChI=1S/C13H20N2O2S/c1-8(2)12-14-10(7-18-12)6-15-5-4-9(3)11(15)13(16)17/h7-9,11H,4-6H2,1-3H3,(H,16,17). The molecule has 0 amide bonds. The van der Waals surface area contributed by atoms with Crippen molar-refractivity contribution in [2.75, 3.05) is 6.54 Å². The van der Waals surface area contributed by atoms with Crippen molar-refractivity contribution in [3.8, 4) is 0 Å². The lowest BCUT2D eigenvalue weighted by atomic mass is 10.0. The molecule has 0 bridgehead atoms. The molecular formula is C13H20N2O2S. The first-order valence-electron chi connectivity index (χ1n) is 6.40. The van der Waals surface area contributed by atoms with E-state index in [1.165, 1.54) is 0 Å². The van der Waals surface area contributed by atoms with Crippen LogP contribution in [-0.4, -0.2) is 33.5 Å². The molecule has 2 unspecified atom stereocenters. The van der Waals surface area contributed by atoms with Crippen LogP contribution in [0.2, 0.25) is 0 Å². The molecule has 0 radical (unpaired) electrons. The number of carboxylic acids is 1. The Morgan fingerprint density at radius 2 is 2.39 bits per heavy atom. The van der Waals surface area contributed by atoms with Gasteiger partial charge in [0.1, 0.15) is 6.04 Å². The minimum absolute atomic E-state index is 0.228. The van der Waals surface area contributed by atoms with Gasteiger partial charge in [0.15, 0.2) is 0 Å². The fraction of sp³-hybridized carbons (Fsp3) is 0.692. The lowest BCUT2D eigenvalue weighted by Crippen LogP contribution is -2.38. The van der Waals surface area contributed by atoms with E-state index in [0.29, 0.717) is 12.5 Å². The van der Waals surface area contributed by atoms with Crippen LogP contribution in [0.4, 0.5) is 0 Å². The predicted molar refractivity (Wildman–Crippen MR) is 71.8 cm³/mol. The molecule has 4 nitrogen and oxygen atoms in total. The maximum atomic E-state index is 11.3. The third-order valence-electron chi connectivity index (χ3n) is 3.49. The lowest BCUT2D eigenvalue weighted by molar-refractivity contribution is -0.143.